The van der Waals surface area contributed by atoms with E-state index in [1.807, 2.05) is 45.0 Å². The highest BCUT2D eigenvalue weighted by Crippen LogP contribution is 2.25. The van der Waals surface area contributed by atoms with Crippen molar-refractivity contribution >= 4 is 5.97 Å². The van der Waals surface area contributed by atoms with Gasteiger partial charge in [-0.15, -0.1) is 0 Å². The van der Waals surface area contributed by atoms with Crippen molar-refractivity contribution in [1.29, 1.82) is 0 Å². The normalized spacial score (nSPS) is 13.9. The SMILES string of the molecule is CCCOc1ccc(C(C)(NC(C)C)C(=O)OC)cc1. The van der Waals surface area contributed by atoms with Crippen molar-refractivity contribution < 1.29 is 14.3 Å². The van der Waals surface area contributed by atoms with Crippen LogP contribution in [0.5, 0.6) is 5.75 Å². The van der Waals surface area contributed by atoms with Crippen molar-refractivity contribution in [3.8, 4) is 5.75 Å². The van der Waals surface area contributed by atoms with E-state index in [9.17, 15) is 4.79 Å². The molecule has 1 N–H and O–H groups in total. The summed E-state index contributed by atoms with van der Waals surface area (Å²) in [5.41, 5.74) is 0.00791. The fraction of sp³-hybridized carbons (Fsp3) is 0.562. The molecule has 0 aliphatic heterocycles. The van der Waals surface area contributed by atoms with Crippen LogP contribution >= 0.6 is 0 Å². The molecule has 0 aromatic heterocycles. The number of hydrogen-bond donors (Lipinski definition) is 1. The molecule has 1 aromatic rings. The van der Waals surface area contributed by atoms with E-state index in [0.29, 0.717) is 6.61 Å². The van der Waals surface area contributed by atoms with E-state index in [1.165, 1.54) is 7.11 Å². The Bertz CT molecular complexity index is 428. The van der Waals surface area contributed by atoms with Gasteiger partial charge in [0.1, 0.15) is 11.3 Å². The van der Waals surface area contributed by atoms with Crippen molar-refractivity contribution in [2.75, 3.05) is 13.7 Å². The van der Waals surface area contributed by atoms with Crippen LogP contribution in [0, 0.1) is 0 Å². The molecule has 1 atom stereocenters. The third kappa shape index (κ3) is 3.97. The zero-order valence-electron chi connectivity index (χ0n) is 13.0. The molecule has 0 bridgehead atoms. The second-order valence-corrected chi connectivity index (χ2v) is 5.29. The molecule has 0 saturated heterocycles. The molecule has 0 fully saturated rings. The van der Waals surface area contributed by atoms with Crippen LogP contribution in [0.3, 0.4) is 0 Å². The maximum absolute atomic E-state index is 12.1. The third-order valence-corrected chi connectivity index (χ3v) is 3.08. The molecule has 0 aliphatic rings. The van der Waals surface area contributed by atoms with Crippen LogP contribution in [-0.4, -0.2) is 25.7 Å². The van der Waals surface area contributed by atoms with Crippen LogP contribution in [-0.2, 0) is 15.1 Å². The first-order valence-electron chi connectivity index (χ1n) is 7.03. The van der Waals surface area contributed by atoms with Gasteiger partial charge in [-0.05, 0) is 44.9 Å². The summed E-state index contributed by atoms with van der Waals surface area (Å²) in [7, 11) is 1.40. The van der Waals surface area contributed by atoms with Gasteiger partial charge in [-0.3, -0.25) is 5.32 Å². The molecule has 20 heavy (non-hydrogen) atoms. The zero-order valence-corrected chi connectivity index (χ0v) is 13.0. The summed E-state index contributed by atoms with van der Waals surface area (Å²) in [6.07, 6.45) is 0.969. The quantitative estimate of drug-likeness (QED) is 0.780. The largest absolute Gasteiger partial charge is 0.494 e. The van der Waals surface area contributed by atoms with E-state index >= 15 is 0 Å². The van der Waals surface area contributed by atoms with Crippen LogP contribution in [0.15, 0.2) is 24.3 Å². The highest BCUT2D eigenvalue weighted by atomic mass is 16.5. The van der Waals surface area contributed by atoms with Crippen molar-refractivity contribution in [2.24, 2.45) is 0 Å². The minimum absolute atomic E-state index is 0.162. The highest BCUT2D eigenvalue weighted by Gasteiger charge is 2.36. The van der Waals surface area contributed by atoms with Crippen LogP contribution in [0.2, 0.25) is 0 Å². The number of esters is 1. The lowest BCUT2D eigenvalue weighted by molar-refractivity contribution is -0.148. The average molecular weight is 279 g/mol. The summed E-state index contributed by atoms with van der Waals surface area (Å²) in [5, 5.41) is 3.27. The zero-order chi connectivity index (χ0) is 15.2. The minimum Gasteiger partial charge on any atom is -0.494 e. The van der Waals surface area contributed by atoms with Crippen molar-refractivity contribution in [1.82, 2.24) is 5.32 Å². The Morgan fingerprint density at radius 2 is 1.90 bits per heavy atom. The van der Waals surface area contributed by atoms with E-state index in [2.05, 4.69) is 12.2 Å². The Labute approximate surface area is 121 Å². The Hall–Kier alpha value is -1.55. The van der Waals surface area contributed by atoms with Gasteiger partial charge in [0.05, 0.1) is 13.7 Å². The van der Waals surface area contributed by atoms with E-state index in [4.69, 9.17) is 9.47 Å². The molecule has 4 nitrogen and oxygen atoms in total. The number of methoxy groups -OCH3 is 1. The van der Waals surface area contributed by atoms with Gasteiger partial charge >= 0.3 is 5.97 Å². The second-order valence-electron chi connectivity index (χ2n) is 5.29. The lowest BCUT2D eigenvalue weighted by atomic mass is 9.91. The summed E-state index contributed by atoms with van der Waals surface area (Å²) < 4.78 is 10.5. The lowest BCUT2D eigenvalue weighted by Gasteiger charge is -2.30. The first-order chi connectivity index (χ1) is 9.43. The van der Waals surface area contributed by atoms with Gasteiger partial charge in [0.2, 0.25) is 0 Å². The summed E-state index contributed by atoms with van der Waals surface area (Å²) in [4.78, 5) is 12.1. The number of nitrogens with one attached hydrogen (secondary N) is 1. The molecule has 0 radical (unpaired) electrons. The van der Waals surface area contributed by atoms with E-state index in [1.54, 1.807) is 0 Å². The molecule has 0 spiro atoms. The lowest BCUT2D eigenvalue weighted by Crippen LogP contribution is -2.50. The summed E-state index contributed by atoms with van der Waals surface area (Å²) in [6, 6.07) is 7.73. The number of carbonyl (C=O) groups is 1. The van der Waals surface area contributed by atoms with Gasteiger partial charge in [-0.1, -0.05) is 19.1 Å². The van der Waals surface area contributed by atoms with Gasteiger partial charge in [0.15, 0.2) is 0 Å². The average Bonchev–Trinajstić information content (AvgIpc) is 2.43. The summed E-state index contributed by atoms with van der Waals surface area (Å²) in [6.45, 7) is 8.59. The molecule has 0 saturated carbocycles. The topological polar surface area (TPSA) is 47.6 Å². The van der Waals surface area contributed by atoms with Gasteiger partial charge in [-0.2, -0.15) is 0 Å². The van der Waals surface area contributed by atoms with E-state index < -0.39 is 5.54 Å². The fourth-order valence-corrected chi connectivity index (χ4v) is 2.15. The molecule has 4 heteroatoms. The van der Waals surface area contributed by atoms with Crippen molar-refractivity contribution in [3.05, 3.63) is 29.8 Å². The van der Waals surface area contributed by atoms with Crippen LogP contribution < -0.4 is 10.1 Å². The molecular weight excluding hydrogens is 254 g/mol. The van der Waals surface area contributed by atoms with Crippen LogP contribution in [0.4, 0.5) is 0 Å². The molecular formula is C16H25NO3. The Kier molecular flexibility index (Phi) is 6.02. The summed E-state index contributed by atoms with van der Waals surface area (Å²) in [5.74, 6) is 0.515. The predicted molar refractivity (Wildman–Crippen MR) is 79.9 cm³/mol. The minimum atomic E-state index is -0.855. The molecule has 0 heterocycles. The molecule has 1 aromatic carbocycles. The van der Waals surface area contributed by atoms with Gasteiger partial charge < -0.3 is 9.47 Å². The molecule has 0 aliphatic carbocycles. The second kappa shape index (κ2) is 7.29. The van der Waals surface area contributed by atoms with Gasteiger partial charge in [0, 0.05) is 6.04 Å². The first-order valence-corrected chi connectivity index (χ1v) is 7.03. The predicted octanol–water partition coefficient (Wildman–Crippen LogP) is 2.86. The fourth-order valence-electron chi connectivity index (χ4n) is 2.15. The number of ether oxygens (including phenoxy) is 2. The molecule has 1 unspecified atom stereocenters. The maximum atomic E-state index is 12.1. The molecule has 0 amide bonds. The first kappa shape index (κ1) is 16.5. The standard InChI is InChI=1S/C16H25NO3/c1-6-11-20-14-9-7-13(8-10-14)16(4,15(18)19-5)17-12(2)3/h7-10,12,17H,6,11H2,1-5H3. The van der Waals surface area contributed by atoms with E-state index in [0.717, 1.165) is 17.7 Å². The highest BCUT2D eigenvalue weighted by molar-refractivity contribution is 5.82. The van der Waals surface area contributed by atoms with Crippen LogP contribution in [0.25, 0.3) is 0 Å². The third-order valence-electron chi connectivity index (χ3n) is 3.08. The molecule has 1 rings (SSSR count). The number of benzene rings is 1. The number of hydrogen-bond acceptors (Lipinski definition) is 4. The van der Waals surface area contributed by atoms with Gasteiger partial charge in [0.25, 0.3) is 0 Å². The Morgan fingerprint density at radius 3 is 2.35 bits per heavy atom. The Balaban J connectivity index is 2.99. The van der Waals surface area contributed by atoms with Crippen molar-refractivity contribution in [3.63, 3.8) is 0 Å². The summed E-state index contributed by atoms with van der Waals surface area (Å²) >= 11 is 0. The van der Waals surface area contributed by atoms with Crippen LogP contribution in [0.1, 0.15) is 39.7 Å². The number of carbonyl (C=O) groups excluding carboxylic acids is 1. The smallest absolute Gasteiger partial charge is 0.330 e. The van der Waals surface area contributed by atoms with Gasteiger partial charge in [-0.25, -0.2) is 4.79 Å². The Morgan fingerprint density at radius 1 is 1.30 bits per heavy atom. The number of rotatable bonds is 7. The monoisotopic (exact) mass is 279 g/mol. The van der Waals surface area contributed by atoms with E-state index in [-0.39, 0.29) is 12.0 Å². The molecule has 112 valence electrons. The maximum Gasteiger partial charge on any atom is 0.330 e. The van der Waals surface area contributed by atoms with Crippen molar-refractivity contribution in [2.45, 2.75) is 45.7 Å².